The second-order valence-electron chi connectivity index (χ2n) is 7.80. The molecule has 5 nitrogen and oxygen atoms in total. The molecule has 10 heteroatoms. The number of ketones is 1. The maximum Gasteiger partial charge on any atom is 0.309 e. The minimum Gasteiger partial charge on any atom is -0.465 e. The molecule has 0 radical (unpaired) electrons. The molecule has 1 amide bonds. The van der Waals surface area contributed by atoms with Crippen molar-refractivity contribution in [1.29, 1.82) is 0 Å². The van der Waals surface area contributed by atoms with Crippen molar-refractivity contribution in [1.82, 2.24) is 0 Å². The van der Waals surface area contributed by atoms with Crippen molar-refractivity contribution in [2.75, 3.05) is 11.9 Å². The molecule has 4 rings (SSSR count). The van der Waals surface area contributed by atoms with E-state index in [-0.39, 0.29) is 28.8 Å². The Hall–Kier alpha value is -1.50. The number of hydrogen-bond donors (Lipinski definition) is 1. The van der Waals surface area contributed by atoms with Crippen molar-refractivity contribution in [2.45, 2.75) is 23.1 Å². The lowest BCUT2D eigenvalue weighted by atomic mass is 9.97. The minimum absolute atomic E-state index is 0.0113. The van der Waals surface area contributed by atoms with Gasteiger partial charge in [0.2, 0.25) is 5.91 Å². The number of rotatable bonds is 6. The molecule has 2 aromatic carbocycles. The first kappa shape index (κ1) is 23.7. The summed E-state index contributed by atoms with van der Waals surface area (Å²) >= 11 is 31.1. The first-order valence-corrected chi connectivity index (χ1v) is 11.6. The molecule has 1 N–H and O–H groups in total. The number of amides is 1. The van der Waals surface area contributed by atoms with Crippen LogP contribution in [0.15, 0.2) is 36.4 Å². The molecule has 2 aliphatic rings. The quantitative estimate of drug-likeness (QED) is 0.267. The normalized spacial score (nSPS) is 23.5. The van der Waals surface area contributed by atoms with E-state index in [9.17, 15) is 14.4 Å². The Morgan fingerprint density at radius 3 is 2.38 bits per heavy atom. The molecular weight excluding hydrogens is 520 g/mol. The molecule has 32 heavy (non-hydrogen) atoms. The first-order valence-electron chi connectivity index (χ1n) is 9.72. The van der Waals surface area contributed by atoms with Gasteiger partial charge in [-0.1, -0.05) is 34.8 Å². The van der Waals surface area contributed by atoms with Crippen molar-refractivity contribution in [3.63, 3.8) is 0 Å². The molecule has 1 saturated heterocycles. The molecule has 3 unspecified atom stereocenters. The number of carbonyl (C=O) groups is 3. The summed E-state index contributed by atoms with van der Waals surface area (Å²) in [5, 5.41) is 3.78. The number of nitrogens with one attached hydrogen (secondary N) is 1. The van der Waals surface area contributed by atoms with Crippen molar-refractivity contribution in [3.8, 4) is 0 Å². The topological polar surface area (TPSA) is 72.5 Å². The van der Waals surface area contributed by atoms with Gasteiger partial charge in [0.25, 0.3) is 0 Å². The minimum atomic E-state index is -1.33. The van der Waals surface area contributed by atoms with Crippen LogP contribution in [0.2, 0.25) is 15.1 Å². The highest BCUT2D eigenvalue weighted by atomic mass is 35.5. The number of hydrogen-bond acceptors (Lipinski definition) is 4. The van der Waals surface area contributed by atoms with Gasteiger partial charge in [-0.25, -0.2) is 0 Å². The van der Waals surface area contributed by atoms with E-state index in [1.165, 1.54) is 12.1 Å². The average molecular weight is 536 g/mol. The molecule has 0 aromatic heterocycles. The Morgan fingerprint density at radius 2 is 1.75 bits per heavy atom. The predicted molar refractivity (Wildman–Crippen MR) is 125 cm³/mol. The largest absolute Gasteiger partial charge is 0.465 e. The van der Waals surface area contributed by atoms with Crippen LogP contribution in [0.5, 0.6) is 0 Å². The van der Waals surface area contributed by atoms with Gasteiger partial charge in [-0.3, -0.25) is 14.4 Å². The zero-order valence-electron chi connectivity index (χ0n) is 16.3. The molecule has 0 bridgehead atoms. The molecule has 1 saturated carbocycles. The second-order valence-corrected chi connectivity index (χ2v) is 10.5. The highest BCUT2D eigenvalue weighted by Crippen LogP contribution is 2.65. The third kappa shape index (κ3) is 4.73. The van der Waals surface area contributed by atoms with E-state index in [1.807, 2.05) is 0 Å². The number of cyclic esters (lactones) is 1. The van der Waals surface area contributed by atoms with Gasteiger partial charge in [-0.15, -0.1) is 23.2 Å². The summed E-state index contributed by atoms with van der Waals surface area (Å²) in [6, 6.07) is 9.45. The first-order chi connectivity index (χ1) is 15.1. The SMILES string of the molecule is O=C(CC1CCOC1=O)c1cc(NC(=O)C2C(c3cc(Cl)cc(Cl)c3)C2(Cl)Cl)ccc1Cl. The van der Waals surface area contributed by atoms with Crippen LogP contribution in [0.4, 0.5) is 5.69 Å². The number of anilines is 1. The van der Waals surface area contributed by atoms with Gasteiger partial charge in [0, 0.05) is 33.6 Å². The third-order valence-corrected chi connectivity index (χ3v) is 7.30. The molecule has 0 spiro atoms. The third-order valence-electron chi connectivity index (χ3n) is 5.59. The Labute approximate surface area is 209 Å². The second kappa shape index (κ2) is 9.03. The Morgan fingerprint density at radius 1 is 1.06 bits per heavy atom. The lowest BCUT2D eigenvalue weighted by molar-refractivity contribution is -0.141. The highest BCUT2D eigenvalue weighted by molar-refractivity contribution is 6.53. The maximum absolute atomic E-state index is 12.9. The van der Waals surface area contributed by atoms with Crippen LogP contribution in [0.25, 0.3) is 0 Å². The number of Topliss-reactive ketones (excluding diaryl/α,β-unsaturated/α-hetero) is 1. The maximum atomic E-state index is 12.9. The van der Waals surface area contributed by atoms with Crippen LogP contribution in [-0.4, -0.2) is 28.6 Å². The van der Waals surface area contributed by atoms with E-state index < -0.39 is 28.0 Å². The van der Waals surface area contributed by atoms with Gasteiger partial charge in [-0.2, -0.15) is 0 Å². The highest BCUT2D eigenvalue weighted by Gasteiger charge is 2.67. The fourth-order valence-electron chi connectivity index (χ4n) is 3.92. The number of alkyl halides is 2. The number of carbonyl (C=O) groups excluding carboxylic acids is 3. The van der Waals surface area contributed by atoms with Gasteiger partial charge in [0.15, 0.2) is 5.78 Å². The summed E-state index contributed by atoms with van der Waals surface area (Å²) in [6.07, 6.45) is 0.478. The van der Waals surface area contributed by atoms with Crippen LogP contribution in [0.1, 0.15) is 34.7 Å². The number of esters is 1. The summed E-state index contributed by atoms with van der Waals surface area (Å²) in [4.78, 5) is 37.3. The van der Waals surface area contributed by atoms with Gasteiger partial charge in [-0.05, 0) is 48.4 Å². The van der Waals surface area contributed by atoms with Crippen LogP contribution in [-0.2, 0) is 14.3 Å². The molecule has 168 valence electrons. The van der Waals surface area contributed by atoms with Crippen molar-refractivity contribution >= 4 is 81.4 Å². The van der Waals surface area contributed by atoms with Gasteiger partial charge >= 0.3 is 5.97 Å². The van der Waals surface area contributed by atoms with E-state index in [1.54, 1.807) is 24.3 Å². The molecule has 2 aromatic rings. The molecule has 1 heterocycles. The van der Waals surface area contributed by atoms with Crippen LogP contribution < -0.4 is 5.32 Å². The van der Waals surface area contributed by atoms with E-state index in [0.717, 1.165) is 0 Å². The smallest absolute Gasteiger partial charge is 0.309 e. The standard InChI is InChI=1S/C22H16Cl5NO4/c23-12-5-11(6-13(24)8-12)18-19(22(18,26)27)20(30)28-14-1-2-16(25)15(9-14)17(29)7-10-3-4-32-21(10)31/h1-2,5-6,8-10,18-19H,3-4,7H2,(H,28,30). The van der Waals surface area contributed by atoms with Crippen LogP contribution in [0, 0.1) is 11.8 Å². The number of benzene rings is 2. The van der Waals surface area contributed by atoms with Crippen LogP contribution >= 0.6 is 58.0 Å². The zero-order valence-corrected chi connectivity index (χ0v) is 20.1. The van der Waals surface area contributed by atoms with Gasteiger partial charge in [0.1, 0.15) is 4.33 Å². The summed E-state index contributed by atoms with van der Waals surface area (Å²) in [6.45, 7) is 0.305. The zero-order chi connectivity index (χ0) is 23.2. The van der Waals surface area contributed by atoms with Crippen molar-refractivity contribution < 1.29 is 19.1 Å². The predicted octanol–water partition coefficient (Wildman–Crippen LogP) is 6.31. The lowest BCUT2D eigenvalue weighted by Crippen LogP contribution is -2.18. The van der Waals surface area contributed by atoms with Crippen LogP contribution in [0.3, 0.4) is 0 Å². The summed E-state index contributed by atoms with van der Waals surface area (Å²) in [5.41, 5.74) is 1.22. The summed E-state index contributed by atoms with van der Waals surface area (Å²) in [5.74, 6) is -2.85. The van der Waals surface area contributed by atoms with E-state index in [4.69, 9.17) is 62.7 Å². The van der Waals surface area contributed by atoms with Crippen molar-refractivity contribution in [3.05, 3.63) is 62.6 Å². The Balaban J connectivity index is 1.49. The summed E-state index contributed by atoms with van der Waals surface area (Å²) < 4.78 is 3.57. The monoisotopic (exact) mass is 533 g/mol. The molecule has 1 aliphatic carbocycles. The van der Waals surface area contributed by atoms with Gasteiger partial charge < -0.3 is 10.1 Å². The molecule has 3 atom stereocenters. The van der Waals surface area contributed by atoms with E-state index in [0.29, 0.717) is 34.3 Å². The fraction of sp³-hybridized carbons (Fsp3) is 0.318. The van der Waals surface area contributed by atoms with Crippen molar-refractivity contribution in [2.24, 2.45) is 11.8 Å². The molecular formula is C22H16Cl5NO4. The Bertz CT molecular complexity index is 1100. The summed E-state index contributed by atoms with van der Waals surface area (Å²) in [7, 11) is 0. The number of halogens is 5. The molecule has 2 fully saturated rings. The van der Waals surface area contributed by atoms with E-state index >= 15 is 0 Å². The average Bonchev–Trinajstić information content (AvgIpc) is 3.07. The number of ether oxygens (including phenoxy) is 1. The Kier molecular flexibility index (Phi) is 6.68. The van der Waals surface area contributed by atoms with E-state index in [2.05, 4.69) is 5.32 Å². The van der Waals surface area contributed by atoms with Gasteiger partial charge in [0.05, 0.1) is 23.5 Å². The molecule has 1 aliphatic heterocycles. The fourth-order valence-corrected chi connectivity index (χ4v) is 5.51. The lowest BCUT2D eigenvalue weighted by Gasteiger charge is -2.10.